The molecule has 1 unspecified atom stereocenters. The van der Waals surface area contributed by atoms with Crippen molar-refractivity contribution >= 4 is 11.7 Å². The van der Waals surface area contributed by atoms with Crippen molar-refractivity contribution in [2.75, 3.05) is 25.5 Å². The second-order valence-electron chi connectivity index (χ2n) is 4.66. The van der Waals surface area contributed by atoms with Crippen molar-refractivity contribution in [1.82, 2.24) is 4.90 Å². The highest BCUT2D eigenvalue weighted by Gasteiger charge is 2.11. The second kappa shape index (κ2) is 7.09. The molecule has 0 fully saturated rings. The maximum atomic E-state index is 13.0. The number of carboxylic acid groups (broad SMARTS) is 1. The SMILES string of the molecule is CCC(C)N(C)CCNc1ccc(F)cc1C(=O)O. The van der Waals surface area contributed by atoms with Crippen molar-refractivity contribution in [1.29, 1.82) is 0 Å². The number of anilines is 1. The Bertz CT molecular complexity index is 437. The molecule has 0 saturated carbocycles. The number of nitrogens with zero attached hydrogens (tertiary/aromatic N) is 1. The van der Waals surface area contributed by atoms with Crippen LogP contribution >= 0.6 is 0 Å². The van der Waals surface area contributed by atoms with E-state index < -0.39 is 11.8 Å². The third kappa shape index (κ3) is 4.52. The molecule has 4 nitrogen and oxygen atoms in total. The number of aromatic carboxylic acids is 1. The third-order valence-corrected chi connectivity index (χ3v) is 3.34. The largest absolute Gasteiger partial charge is 0.478 e. The lowest BCUT2D eigenvalue weighted by molar-refractivity contribution is 0.0697. The summed E-state index contributed by atoms with van der Waals surface area (Å²) in [6.45, 7) is 5.68. The fraction of sp³-hybridized carbons (Fsp3) is 0.500. The van der Waals surface area contributed by atoms with Gasteiger partial charge in [-0.05, 0) is 38.6 Å². The normalized spacial score (nSPS) is 12.5. The van der Waals surface area contributed by atoms with Crippen molar-refractivity contribution in [3.8, 4) is 0 Å². The Labute approximate surface area is 113 Å². The van der Waals surface area contributed by atoms with Crippen molar-refractivity contribution < 1.29 is 14.3 Å². The summed E-state index contributed by atoms with van der Waals surface area (Å²) >= 11 is 0. The van der Waals surface area contributed by atoms with E-state index in [2.05, 4.69) is 24.1 Å². The van der Waals surface area contributed by atoms with E-state index in [0.29, 0.717) is 18.3 Å². The molecular weight excluding hydrogens is 247 g/mol. The van der Waals surface area contributed by atoms with E-state index in [-0.39, 0.29) is 5.56 Å². The molecule has 0 heterocycles. The second-order valence-corrected chi connectivity index (χ2v) is 4.66. The fourth-order valence-corrected chi connectivity index (χ4v) is 1.75. The van der Waals surface area contributed by atoms with Crippen LogP contribution in [0.3, 0.4) is 0 Å². The monoisotopic (exact) mass is 268 g/mol. The summed E-state index contributed by atoms with van der Waals surface area (Å²) in [5, 5.41) is 12.1. The summed E-state index contributed by atoms with van der Waals surface area (Å²) in [4.78, 5) is 13.2. The highest BCUT2D eigenvalue weighted by atomic mass is 19.1. The molecule has 1 atom stereocenters. The van der Waals surface area contributed by atoms with Crippen LogP contribution in [-0.4, -0.2) is 42.2 Å². The van der Waals surface area contributed by atoms with E-state index in [1.165, 1.54) is 12.1 Å². The summed E-state index contributed by atoms with van der Waals surface area (Å²) in [5.41, 5.74) is 0.414. The van der Waals surface area contributed by atoms with Gasteiger partial charge in [-0.3, -0.25) is 0 Å². The van der Waals surface area contributed by atoms with Crippen LogP contribution in [0, 0.1) is 5.82 Å². The highest BCUT2D eigenvalue weighted by molar-refractivity contribution is 5.94. The minimum absolute atomic E-state index is 0.0359. The lowest BCUT2D eigenvalue weighted by Gasteiger charge is -2.23. The van der Waals surface area contributed by atoms with E-state index >= 15 is 0 Å². The molecule has 5 heteroatoms. The number of hydrogen-bond acceptors (Lipinski definition) is 3. The lowest BCUT2D eigenvalue weighted by atomic mass is 10.1. The molecule has 19 heavy (non-hydrogen) atoms. The maximum Gasteiger partial charge on any atom is 0.337 e. The molecule has 0 amide bonds. The summed E-state index contributed by atoms with van der Waals surface area (Å²) < 4.78 is 13.0. The van der Waals surface area contributed by atoms with Gasteiger partial charge in [-0.25, -0.2) is 9.18 Å². The standard InChI is InChI=1S/C14H21FN2O2/c1-4-10(2)17(3)8-7-16-13-6-5-11(15)9-12(13)14(18)19/h5-6,9-10,16H,4,7-8H2,1-3H3,(H,18,19). The molecule has 0 aliphatic heterocycles. The Balaban J connectivity index is 2.61. The first-order valence-corrected chi connectivity index (χ1v) is 6.42. The Morgan fingerprint density at radius 1 is 1.53 bits per heavy atom. The lowest BCUT2D eigenvalue weighted by Crippen LogP contribution is -2.32. The van der Waals surface area contributed by atoms with Crippen LogP contribution in [0.4, 0.5) is 10.1 Å². The molecule has 0 bridgehead atoms. The summed E-state index contributed by atoms with van der Waals surface area (Å²) in [5.74, 6) is -1.67. The van der Waals surface area contributed by atoms with Gasteiger partial charge in [0.2, 0.25) is 0 Å². The van der Waals surface area contributed by atoms with Gasteiger partial charge in [-0.1, -0.05) is 6.92 Å². The van der Waals surface area contributed by atoms with Gasteiger partial charge in [-0.2, -0.15) is 0 Å². The number of rotatable bonds is 7. The smallest absolute Gasteiger partial charge is 0.337 e. The molecule has 2 N–H and O–H groups in total. The molecule has 106 valence electrons. The van der Waals surface area contributed by atoms with Crippen LogP contribution in [0.2, 0.25) is 0 Å². The Kier molecular flexibility index (Phi) is 5.76. The zero-order chi connectivity index (χ0) is 14.4. The minimum atomic E-state index is -1.13. The number of carboxylic acids is 1. The molecule has 0 aliphatic rings. The van der Waals surface area contributed by atoms with Crippen molar-refractivity contribution in [2.45, 2.75) is 26.3 Å². The van der Waals surface area contributed by atoms with E-state index in [4.69, 9.17) is 5.11 Å². The zero-order valence-electron chi connectivity index (χ0n) is 11.6. The number of likely N-dealkylation sites (N-methyl/N-ethyl adjacent to an activating group) is 1. The summed E-state index contributed by atoms with van der Waals surface area (Å²) in [6.07, 6.45) is 1.06. The van der Waals surface area contributed by atoms with Crippen LogP contribution in [-0.2, 0) is 0 Å². The average Bonchev–Trinajstić information content (AvgIpc) is 2.38. The number of hydrogen-bond donors (Lipinski definition) is 2. The van der Waals surface area contributed by atoms with Crippen LogP contribution in [0.15, 0.2) is 18.2 Å². The maximum absolute atomic E-state index is 13.0. The number of carbonyl (C=O) groups is 1. The van der Waals surface area contributed by atoms with Crippen LogP contribution in [0.1, 0.15) is 30.6 Å². The van der Waals surface area contributed by atoms with Gasteiger partial charge >= 0.3 is 5.97 Å². The van der Waals surface area contributed by atoms with E-state index in [9.17, 15) is 9.18 Å². The van der Waals surface area contributed by atoms with Gasteiger partial charge < -0.3 is 15.3 Å². The Hall–Kier alpha value is -1.62. The van der Waals surface area contributed by atoms with Crippen molar-refractivity contribution in [2.24, 2.45) is 0 Å². The van der Waals surface area contributed by atoms with Crippen LogP contribution in [0.25, 0.3) is 0 Å². The molecule has 1 rings (SSSR count). The molecule has 0 aromatic heterocycles. The molecule has 1 aromatic rings. The van der Waals surface area contributed by atoms with Crippen LogP contribution < -0.4 is 5.32 Å². The van der Waals surface area contributed by atoms with E-state index in [1.54, 1.807) is 0 Å². The number of nitrogens with one attached hydrogen (secondary N) is 1. The van der Waals surface area contributed by atoms with Gasteiger partial charge in [0, 0.05) is 24.8 Å². The Morgan fingerprint density at radius 3 is 2.79 bits per heavy atom. The quantitative estimate of drug-likeness (QED) is 0.798. The topological polar surface area (TPSA) is 52.6 Å². The minimum Gasteiger partial charge on any atom is -0.478 e. The molecule has 0 radical (unpaired) electrons. The van der Waals surface area contributed by atoms with Gasteiger partial charge in [0.05, 0.1) is 5.56 Å². The van der Waals surface area contributed by atoms with Crippen molar-refractivity contribution in [3.05, 3.63) is 29.6 Å². The molecule has 1 aromatic carbocycles. The third-order valence-electron chi connectivity index (χ3n) is 3.34. The first-order chi connectivity index (χ1) is 8.95. The van der Waals surface area contributed by atoms with Crippen LogP contribution in [0.5, 0.6) is 0 Å². The first-order valence-electron chi connectivity index (χ1n) is 6.42. The van der Waals surface area contributed by atoms with Gasteiger partial charge in [0.25, 0.3) is 0 Å². The Morgan fingerprint density at radius 2 is 2.21 bits per heavy atom. The molecule has 0 saturated heterocycles. The zero-order valence-corrected chi connectivity index (χ0v) is 11.6. The number of halogens is 1. The molecule has 0 spiro atoms. The van der Waals surface area contributed by atoms with Gasteiger partial charge in [-0.15, -0.1) is 0 Å². The van der Waals surface area contributed by atoms with Crippen molar-refractivity contribution in [3.63, 3.8) is 0 Å². The van der Waals surface area contributed by atoms with Gasteiger partial charge in [0.15, 0.2) is 0 Å². The summed E-state index contributed by atoms with van der Waals surface area (Å²) in [6, 6.07) is 4.23. The van der Waals surface area contributed by atoms with E-state index in [0.717, 1.165) is 19.0 Å². The first kappa shape index (κ1) is 15.4. The summed E-state index contributed by atoms with van der Waals surface area (Å²) in [7, 11) is 2.03. The predicted octanol–water partition coefficient (Wildman–Crippen LogP) is 2.67. The van der Waals surface area contributed by atoms with E-state index in [1.807, 2.05) is 7.05 Å². The number of benzene rings is 1. The van der Waals surface area contributed by atoms with Gasteiger partial charge in [0.1, 0.15) is 5.82 Å². The fourth-order valence-electron chi connectivity index (χ4n) is 1.75. The molecular formula is C14H21FN2O2. The molecule has 0 aliphatic carbocycles. The highest BCUT2D eigenvalue weighted by Crippen LogP contribution is 2.16. The predicted molar refractivity (Wildman–Crippen MR) is 74.2 cm³/mol. The average molecular weight is 268 g/mol.